The summed E-state index contributed by atoms with van der Waals surface area (Å²) in [6, 6.07) is 14.2. The van der Waals surface area contributed by atoms with Gasteiger partial charge in [0.1, 0.15) is 0 Å². The van der Waals surface area contributed by atoms with Gasteiger partial charge in [0.05, 0.1) is 10.9 Å². The summed E-state index contributed by atoms with van der Waals surface area (Å²) < 4.78 is 23.1. The molecule has 3 rings (SSSR count). The number of nitrogens with one attached hydrogen (secondary N) is 1. The Balaban J connectivity index is 1.57. The SMILES string of the molecule is CC1CCN(Cc2ccc(C(=O)N[C@H](C)c3ccc(S(C)(=O)=O)cc3)cc2)CC1. The average Bonchev–Trinajstić information content (AvgIpc) is 2.69. The fourth-order valence-corrected chi connectivity index (χ4v) is 4.24. The lowest BCUT2D eigenvalue weighted by molar-refractivity contribution is 0.0940. The molecule has 0 unspecified atom stereocenters. The first-order chi connectivity index (χ1) is 13.7. The summed E-state index contributed by atoms with van der Waals surface area (Å²) in [5.74, 6) is 0.685. The van der Waals surface area contributed by atoms with E-state index in [0.717, 1.165) is 31.1 Å². The van der Waals surface area contributed by atoms with Crippen molar-refractivity contribution >= 4 is 15.7 Å². The Labute approximate surface area is 174 Å². The van der Waals surface area contributed by atoms with Crippen LogP contribution < -0.4 is 5.32 Å². The zero-order valence-electron chi connectivity index (χ0n) is 17.4. The van der Waals surface area contributed by atoms with Gasteiger partial charge in [0.15, 0.2) is 9.84 Å². The van der Waals surface area contributed by atoms with Crippen molar-refractivity contribution in [1.29, 1.82) is 0 Å². The van der Waals surface area contributed by atoms with Gasteiger partial charge in [-0.25, -0.2) is 8.42 Å². The van der Waals surface area contributed by atoms with Crippen LogP contribution in [0.4, 0.5) is 0 Å². The highest BCUT2D eigenvalue weighted by molar-refractivity contribution is 7.90. The first kappa shape index (κ1) is 21.5. The lowest BCUT2D eigenvalue weighted by Gasteiger charge is -2.30. The molecule has 1 N–H and O–H groups in total. The van der Waals surface area contributed by atoms with E-state index in [1.807, 2.05) is 31.2 Å². The lowest BCUT2D eigenvalue weighted by Crippen LogP contribution is -2.32. The molecule has 0 aromatic heterocycles. The van der Waals surface area contributed by atoms with Crippen LogP contribution in [0.2, 0.25) is 0 Å². The fraction of sp³-hybridized carbons (Fsp3) is 0.435. The second-order valence-electron chi connectivity index (χ2n) is 8.19. The van der Waals surface area contributed by atoms with Crippen molar-refractivity contribution in [2.75, 3.05) is 19.3 Å². The summed E-state index contributed by atoms with van der Waals surface area (Å²) in [7, 11) is -3.22. The van der Waals surface area contributed by atoms with E-state index in [2.05, 4.69) is 17.1 Å². The first-order valence-corrected chi connectivity index (χ1v) is 12.0. The molecule has 1 atom stereocenters. The van der Waals surface area contributed by atoms with Gasteiger partial charge in [0.25, 0.3) is 5.91 Å². The van der Waals surface area contributed by atoms with Gasteiger partial charge in [-0.2, -0.15) is 0 Å². The number of rotatable bonds is 6. The van der Waals surface area contributed by atoms with Gasteiger partial charge in [0, 0.05) is 18.4 Å². The predicted octanol–water partition coefficient (Wildman–Crippen LogP) is 3.81. The van der Waals surface area contributed by atoms with Crippen molar-refractivity contribution in [2.45, 2.75) is 44.2 Å². The number of piperidine rings is 1. The molecule has 1 aliphatic heterocycles. The maximum Gasteiger partial charge on any atom is 0.251 e. The molecule has 5 nitrogen and oxygen atoms in total. The van der Waals surface area contributed by atoms with Gasteiger partial charge < -0.3 is 5.32 Å². The molecule has 1 amide bonds. The summed E-state index contributed by atoms with van der Waals surface area (Å²) in [5, 5.41) is 2.98. The van der Waals surface area contributed by atoms with Crippen molar-refractivity contribution in [2.24, 2.45) is 5.92 Å². The van der Waals surface area contributed by atoms with Gasteiger partial charge >= 0.3 is 0 Å². The fourth-order valence-electron chi connectivity index (χ4n) is 3.61. The summed E-state index contributed by atoms with van der Waals surface area (Å²) in [5.41, 5.74) is 2.71. The Morgan fingerprint density at radius 3 is 2.21 bits per heavy atom. The van der Waals surface area contributed by atoms with Gasteiger partial charge in [-0.3, -0.25) is 9.69 Å². The molecular formula is C23H30N2O3S. The van der Waals surface area contributed by atoms with E-state index in [1.165, 1.54) is 24.7 Å². The Morgan fingerprint density at radius 1 is 1.07 bits per heavy atom. The van der Waals surface area contributed by atoms with Gasteiger partial charge in [-0.05, 0) is 74.2 Å². The number of likely N-dealkylation sites (tertiary alicyclic amines) is 1. The maximum atomic E-state index is 12.6. The van der Waals surface area contributed by atoms with Crippen LogP contribution in [0.5, 0.6) is 0 Å². The monoisotopic (exact) mass is 414 g/mol. The number of carbonyl (C=O) groups excluding carboxylic acids is 1. The van der Waals surface area contributed by atoms with E-state index in [0.29, 0.717) is 5.56 Å². The Morgan fingerprint density at radius 2 is 1.66 bits per heavy atom. The summed E-state index contributed by atoms with van der Waals surface area (Å²) in [6.45, 7) is 7.40. The van der Waals surface area contributed by atoms with Gasteiger partial charge in [-0.15, -0.1) is 0 Å². The summed E-state index contributed by atoms with van der Waals surface area (Å²) in [6.07, 6.45) is 3.69. The largest absolute Gasteiger partial charge is 0.346 e. The zero-order valence-corrected chi connectivity index (χ0v) is 18.2. The van der Waals surface area contributed by atoms with E-state index in [9.17, 15) is 13.2 Å². The number of benzene rings is 2. The van der Waals surface area contributed by atoms with Crippen molar-refractivity contribution in [3.8, 4) is 0 Å². The Hall–Kier alpha value is -2.18. The molecule has 156 valence electrons. The first-order valence-electron chi connectivity index (χ1n) is 10.1. The van der Waals surface area contributed by atoms with E-state index in [-0.39, 0.29) is 16.8 Å². The highest BCUT2D eigenvalue weighted by Gasteiger charge is 2.16. The van der Waals surface area contributed by atoms with Crippen LogP contribution in [-0.4, -0.2) is 38.6 Å². The molecule has 29 heavy (non-hydrogen) atoms. The second-order valence-corrected chi connectivity index (χ2v) is 10.2. The molecule has 2 aromatic carbocycles. The molecule has 1 saturated heterocycles. The van der Waals surface area contributed by atoms with Crippen LogP contribution in [0.15, 0.2) is 53.4 Å². The maximum absolute atomic E-state index is 12.6. The quantitative estimate of drug-likeness (QED) is 0.780. The Kier molecular flexibility index (Phi) is 6.75. The molecule has 6 heteroatoms. The average molecular weight is 415 g/mol. The van der Waals surface area contributed by atoms with Crippen LogP contribution in [0.3, 0.4) is 0 Å². The third kappa shape index (κ3) is 5.90. The molecule has 0 radical (unpaired) electrons. The number of hydrogen-bond donors (Lipinski definition) is 1. The molecule has 0 saturated carbocycles. The molecule has 1 heterocycles. The Bertz CT molecular complexity index is 929. The molecule has 1 fully saturated rings. The van der Waals surface area contributed by atoms with Crippen molar-refractivity contribution in [3.63, 3.8) is 0 Å². The van der Waals surface area contributed by atoms with Crippen molar-refractivity contribution in [3.05, 3.63) is 65.2 Å². The van der Waals surface area contributed by atoms with Crippen molar-refractivity contribution < 1.29 is 13.2 Å². The highest BCUT2D eigenvalue weighted by Crippen LogP contribution is 2.19. The highest BCUT2D eigenvalue weighted by atomic mass is 32.2. The van der Waals surface area contributed by atoms with E-state index >= 15 is 0 Å². The molecule has 0 spiro atoms. The lowest BCUT2D eigenvalue weighted by atomic mass is 9.99. The number of amides is 1. The topological polar surface area (TPSA) is 66.5 Å². The minimum atomic E-state index is -3.22. The third-order valence-electron chi connectivity index (χ3n) is 5.65. The standard InChI is InChI=1S/C23H30N2O3S/c1-17-12-14-25(15-13-17)16-19-4-6-21(7-5-19)23(26)24-18(2)20-8-10-22(11-9-20)29(3,27)28/h4-11,17-18H,12-16H2,1-3H3,(H,24,26)/t18-/m1/s1. The number of carbonyl (C=O) groups is 1. The number of sulfone groups is 1. The smallest absolute Gasteiger partial charge is 0.251 e. The minimum absolute atomic E-state index is 0.136. The molecular weight excluding hydrogens is 384 g/mol. The van der Waals surface area contributed by atoms with Crippen LogP contribution in [0.1, 0.15) is 54.2 Å². The third-order valence-corrected chi connectivity index (χ3v) is 6.78. The minimum Gasteiger partial charge on any atom is -0.346 e. The van der Waals surface area contributed by atoms with Crippen molar-refractivity contribution in [1.82, 2.24) is 10.2 Å². The second kappa shape index (κ2) is 9.09. The normalized spacial score (nSPS) is 17.1. The van der Waals surface area contributed by atoms with E-state index in [1.54, 1.807) is 24.3 Å². The molecule has 1 aliphatic rings. The predicted molar refractivity (Wildman–Crippen MR) is 116 cm³/mol. The van der Waals surface area contributed by atoms with Crippen LogP contribution in [-0.2, 0) is 16.4 Å². The van der Waals surface area contributed by atoms with Gasteiger partial charge in [0.2, 0.25) is 0 Å². The summed E-state index contributed by atoms with van der Waals surface area (Å²) in [4.78, 5) is 15.3. The number of nitrogens with zero attached hydrogens (tertiary/aromatic N) is 1. The van der Waals surface area contributed by atoms with Crippen LogP contribution in [0.25, 0.3) is 0 Å². The van der Waals surface area contributed by atoms with Gasteiger partial charge in [-0.1, -0.05) is 31.2 Å². The van der Waals surface area contributed by atoms with Crippen LogP contribution in [0, 0.1) is 5.92 Å². The molecule has 0 bridgehead atoms. The van der Waals surface area contributed by atoms with E-state index < -0.39 is 9.84 Å². The zero-order chi connectivity index (χ0) is 21.0. The van der Waals surface area contributed by atoms with Crippen LogP contribution >= 0.6 is 0 Å². The molecule has 2 aromatic rings. The van der Waals surface area contributed by atoms with E-state index in [4.69, 9.17) is 0 Å². The summed E-state index contributed by atoms with van der Waals surface area (Å²) >= 11 is 0. The number of hydrogen-bond acceptors (Lipinski definition) is 4. The molecule has 0 aliphatic carbocycles.